The van der Waals surface area contributed by atoms with Gasteiger partial charge in [-0.25, -0.2) is 0 Å². The molecule has 100 valence electrons. The van der Waals surface area contributed by atoms with Crippen LogP contribution in [-0.2, 0) is 11.2 Å². The highest BCUT2D eigenvalue weighted by atomic mass is 16.5. The second kappa shape index (κ2) is 5.41. The van der Waals surface area contributed by atoms with Gasteiger partial charge in [0.25, 0.3) is 0 Å². The smallest absolute Gasteiger partial charge is 0.0689 e. The summed E-state index contributed by atoms with van der Waals surface area (Å²) < 4.78 is 5.36. The van der Waals surface area contributed by atoms with Gasteiger partial charge >= 0.3 is 0 Å². The molecule has 2 nitrogen and oxygen atoms in total. The van der Waals surface area contributed by atoms with Crippen molar-refractivity contribution >= 4 is 0 Å². The van der Waals surface area contributed by atoms with Crippen LogP contribution in [0.1, 0.15) is 42.4 Å². The lowest BCUT2D eigenvalue weighted by Crippen LogP contribution is -2.38. The molecule has 0 bridgehead atoms. The minimum Gasteiger partial charge on any atom is -0.390 e. The van der Waals surface area contributed by atoms with Crippen LogP contribution in [0.2, 0.25) is 0 Å². The maximum absolute atomic E-state index is 10.6. The van der Waals surface area contributed by atoms with Gasteiger partial charge in [0.05, 0.1) is 11.7 Å². The van der Waals surface area contributed by atoms with Gasteiger partial charge in [-0.15, -0.1) is 0 Å². The summed E-state index contributed by atoms with van der Waals surface area (Å²) in [5.74, 6) is 0. The summed E-state index contributed by atoms with van der Waals surface area (Å²) in [4.78, 5) is 0. The van der Waals surface area contributed by atoms with E-state index in [0.29, 0.717) is 6.10 Å². The van der Waals surface area contributed by atoms with Crippen molar-refractivity contribution in [3.8, 4) is 0 Å². The number of ether oxygens (including phenoxy) is 1. The maximum atomic E-state index is 10.6. The Bertz CT molecular complexity index is 404. The lowest BCUT2D eigenvalue weighted by Gasteiger charge is -2.35. The van der Waals surface area contributed by atoms with Crippen LogP contribution in [0.25, 0.3) is 0 Å². The highest BCUT2D eigenvalue weighted by Crippen LogP contribution is 2.32. The predicted molar refractivity (Wildman–Crippen MR) is 73.8 cm³/mol. The van der Waals surface area contributed by atoms with Crippen molar-refractivity contribution in [2.75, 3.05) is 7.11 Å². The molecular weight excluding hydrogens is 224 g/mol. The number of methoxy groups -OCH3 is 1. The van der Waals surface area contributed by atoms with E-state index in [2.05, 4.69) is 32.0 Å². The van der Waals surface area contributed by atoms with E-state index in [0.717, 1.165) is 32.1 Å². The summed E-state index contributed by atoms with van der Waals surface area (Å²) in [6.07, 6.45) is 4.74. The van der Waals surface area contributed by atoms with E-state index >= 15 is 0 Å². The Balaban J connectivity index is 2.02. The van der Waals surface area contributed by atoms with Crippen LogP contribution in [0, 0.1) is 13.8 Å². The Morgan fingerprint density at radius 1 is 1.22 bits per heavy atom. The standard InChI is InChI=1S/C16H24O2/c1-12-4-5-14(10-13(12)2)11-16(17)8-6-15(18-3)7-9-16/h4-5,10,15,17H,6-9,11H2,1-3H3. The first-order chi connectivity index (χ1) is 8.52. The SMILES string of the molecule is COC1CCC(O)(Cc2ccc(C)c(C)c2)CC1. The third kappa shape index (κ3) is 3.12. The van der Waals surface area contributed by atoms with Gasteiger partial charge in [0.2, 0.25) is 0 Å². The fourth-order valence-corrected chi connectivity index (χ4v) is 2.83. The first kappa shape index (κ1) is 13.6. The summed E-state index contributed by atoms with van der Waals surface area (Å²) in [6, 6.07) is 6.49. The molecule has 0 atom stereocenters. The van der Waals surface area contributed by atoms with Gasteiger partial charge in [0.1, 0.15) is 0 Å². The molecule has 1 N–H and O–H groups in total. The Morgan fingerprint density at radius 3 is 2.44 bits per heavy atom. The Morgan fingerprint density at radius 2 is 1.89 bits per heavy atom. The lowest BCUT2D eigenvalue weighted by molar-refractivity contribution is -0.0427. The Hall–Kier alpha value is -0.860. The minimum atomic E-state index is -0.531. The zero-order valence-corrected chi connectivity index (χ0v) is 11.7. The first-order valence-electron chi connectivity index (χ1n) is 6.84. The van der Waals surface area contributed by atoms with Crippen molar-refractivity contribution < 1.29 is 9.84 Å². The quantitative estimate of drug-likeness (QED) is 0.890. The van der Waals surface area contributed by atoms with E-state index in [-0.39, 0.29) is 0 Å². The minimum absolute atomic E-state index is 0.338. The molecular formula is C16H24O2. The maximum Gasteiger partial charge on any atom is 0.0689 e. The van der Waals surface area contributed by atoms with Crippen molar-refractivity contribution in [1.29, 1.82) is 0 Å². The molecule has 2 rings (SSSR count). The molecule has 18 heavy (non-hydrogen) atoms. The van der Waals surface area contributed by atoms with Gasteiger partial charge in [0.15, 0.2) is 0 Å². The second-order valence-corrected chi connectivity index (χ2v) is 5.75. The van der Waals surface area contributed by atoms with Gasteiger partial charge in [-0.3, -0.25) is 0 Å². The van der Waals surface area contributed by atoms with Crippen molar-refractivity contribution in [1.82, 2.24) is 0 Å². The largest absolute Gasteiger partial charge is 0.390 e. The van der Waals surface area contributed by atoms with Crippen LogP contribution in [-0.4, -0.2) is 23.9 Å². The molecule has 1 aromatic carbocycles. The third-order valence-electron chi connectivity index (χ3n) is 4.30. The summed E-state index contributed by atoms with van der Waals surface area (Å²) >= 11 is 0. The second-order valence-electron chi connectivity index (χ2n) is 5.75. The topological polar surface area (TPSA) is 29.5 Å². The average Bonchev–Trinajstić information content (AvgIpc) is 2.35. The van der Waals surface area contributed by atoms with Crippen LogP contribution in [0.15, 0.2) is 18.2 Å². The monoisotopic (exact) mass is 248 g/mol. The molecule has 1 fully saturated rings. The molecule has 0 unspecified atom stereocenters. The summed E-state index contributed by atoms with van der Waals surface area (Å²) in [5, 5.41) is 10.6. The van der Waals surface area contributed by atoms with Crippen LogP contribution in [0.4, 0.5) is 0 Å². The number of benzene rings is 1. The summed E-state index contributed by atoms with van der Waals surface area (Å²) in [6.45, 7) is 4.25. The number of hydrogen-bond donors (Lipinski definition) is 1. The Kier molecular flexibility index (Phi) is 4.08. The number of hydrogen-bond acceptors (Lipinski definition) is 2. The number of aryl methyl sites for hydroxylation is 2. The number of aliphatic hydroxyl groups is 1. The van der Waals surface area contributed by atoms with Crippen molar-refractivity contribution in [3.05, 3.63) is 34.9 Å². The van der Waals surface area contributed by atoms with E-state index in [1.165, 1.54) is 16.7 Å². The van der Waals surface area contributed by atoms with E-state index in [1.807, 2.05) is 0 Å². The molecule has 0 saturated heterocycles. The molecule has 0 aliphatic heterocycles. The van der Waals surface area contributed by atoms with E-state index in [4.69, 9.17) is 4.74 Å². The van der Waals surface area contributed by atoms with Crippen molar-refractivity contribution in [3.63, 3.8) is 0 Å². The zero-order chi connectivity index (χ0) is 13.2. The van der Waals surface area contributed by atoms with Crippen LogP contribution in [0.3, 0.4) is 0 Å². The first-order valence-corrected chi connectivity index (χ1v) is 6.84. The lowest BCUT2D eigenvalue weighted by atomic mass is 9.79. The van der Waals surface area contributed by atoms with Crippen molar-refractivity contribution in [2.24, 2.45) is 0 Å². The van der Waals surface area contributed by atoms with Gasteiger partial charge in [-0.1, -0.05) is 18.2 Å². The van der Waals surface area contributed by atoms with Gasteiger partial charge in [-0.05, 0) is 56.2 Å². The zero-order valence-electron chi connectivity index (χ0n) is 11.7. The van der Waals surface area contributed by atoms with Crippen LogP contribution >= 0.6 is 0 Å². The fraction of sp³-hybridized carbons (Fsp3) is 0.625. The molecule has 2 heteroatoms. The Labute approximate surface area is 110 Å². The molecule has 0 spiro atoms. The number of rotatable bonds is 3. The summed E-state index contributed by atoms with van der Waals surface area (Å²) in [5.41, 5.74) is 3.34. The van der Waals surface area contributed by atoms with E-state index in [9.17, 15) is 5.11 Å². The fourth-order valence-electron chi connectivity index (χ4n) is 2.83. The molecule has 1 saturated carbocycles. The highest BCUT2D eigenvalue weighted by Gasteiger charge is 2.33. The third-order valence-corrected chi connectivity index (χ3v) is 4.30. The van der Waals surface area contributed by atoms with Crippen LogP contribution in [0.5, 0.6) is 0 Å². The van der Waals surface area contributed by atoms with E-state index < -0.39 is 5.60 Å². The highest BCUT2D eigenvalue weighted by molar-refractivity contribution is 5.30. The molecule has 0 heterocycles. The van der Waals surface area contributed by atoms with Crippen LogP contribution < -0.4 is 0 Å². The molecule has 1 aromatic rings. The molecule has 0 amide bonds. The summed E-state index contributed by atoms with van der Waals surface area (Å²) in [7, 11) is 1.76. The van der Waals surface area contributed by atoms with Crippen molar-refractivity contribution in [2.45, 2.75) is 57.7 Å². The average molecular weight is 248 g/mol. The van der Waals surface area contributed by atoms with Gasteiger partial charge in [-0.2, -0.15) is 0 Å². The molecule has 0 radical (unpaired) electrons. The van der Waals surface area contributed by atoms with Gasteiger partial charge < -0.3 is 9.84 Å². The molecule has 1 aliphatic carbocycles. The molecule has 0 aromatic heterocycles. The normalized spacial score (nSPS) is 28.3. The van der Waals surface area contributed by atoms with Gasteiger partial charge in [0, 0.05) is 13.5 Å². The van der Waals surface area contributed by atoms with E-state index in [1.54, 1.807) is 7.11 Å². The predicted octanol–water partition coefficient (Wildman–Crippen LogP) is 3.17. The molecule has 1 aliphatic rings.